The molecule has 0 atom stereocenters. The van der Waals surface area contributed by atoms with Gasteiger partial charge in [-0.2, -0.15) is 0 Å². The SMILES string of the molecule is CCOc1ccc(CC(=O)Nc2cc(C(=O)O)ccc2OC(C)C)cc1. The molecule has 26 heavy (non-hydrogen) atoms. The van der Waals surface area contributed by atoms with E-state index in [0.29, 0.717) is 18.0 Å². The normalized spacial score (nSPS) is 10.5. The van der Waals surface area contributed by atoms with Crippen molar-refractivity contribution in [1.29, 1.82) is 0 Å². The Bertz CT molecular complexity index is 768. The molecule has 0 unspecified atom stereocenters. The number of carbonyl (C=O) groups excluding carboxylic acids is 1. The second-order valence-corrected chi connectivity index (χ2v) is 5.98. The van der Waals surface area contributed by atoms with Crippen molar-refractivity contribution in [2.75, 3.05) is 11.9 Å². The first kappa shape index (κ1) is 19.3. The summed E-state index contributed by atoms with van der Waals surface area (Å²) < 4.78 is 11.0. The summed E-state index contributed by atoms with van der Waals surface area (Å²) in [7, 11) is 0. The first-order chi connectivity index (χ1) is 12.4. The van der Waals surface area contributed by atoms with Crippen LogP contribution in [0, 0.1) is 0 Å². The van der Waals surface area contributed by atoms with Gasteiger partial charge in [0, 0.05) is 0 Å². The molecule has 0 aliphatic carbocycles. The molecule has 6 nitrogen and oxygen atoms in total. The first-order valence-electron chi connectivity index (χ1n) is 8.44. The zero-order valence-electron chi connectivity index (χ0n) is 15.1. The van der Waals surface area contributed by atoms with E-state index in [0.717, 1.165) is 11.3 Å². The fraction of sp³-hybridized carbons (Fsp3) is 0.300. The van der Waals surface area contributed by atoms with E-state index in [-0.39, 0.29) is 24.0 Å². The van der Waals surface area contributed by atoms with Crippen molar-refractivity contribution < 1.29 is 24.2 Å². The lowest BCUT2D eigenvalue weighted by atomic mass is 10.1. The van der Waals surface area contributed by atoms with Crippen LogP contribution < -0.4 is 14.8 Å². The lowest BCUT2D eigenvalue weighted by molar-refractivity contribution is -0.115. The van der Waals surface area contributed by atoms with E-state index in [1.165, 1.54) is 12.1 Å². The topological polar surface area (TPSA) is 84.9 Å². The van der Waals surface area contributed by atoms with Crippen LogP contribution in [-0.4, -0.2) is 29.7 Å². The van der Waals surface area contributed by atoms with Crippen LogP contribution in [0.3, 0.4) is 0 Å². The number of amides is 1. The Morgan fingerprint density at radius 1 is 1.12 bits per heavy atom. The lowest BCUT2D eigenvalue weighted by Gasteiger charge is -2.15. The largest absolute Gasteiger partial charge is 0.494 e. The summed E-state index contributed by atoms with van der Waals surface area (Å²) in [6, 6.07) is 11.7. The van der Waals surface area contributed by atoms with Gasteiger partial charge >= 0.3 is 5.97 Å². The number of carbonyl (C=O) groups is 2. The fourth-order valence-corrected chi connectivity index (χ4v) is 2.37. The summed E-state index contributed by atoms with van der Waals surface area (Å²) in [5, 5.41) is 11.9. The van der Waals surface area contributed by atoms with E-state index in [9.17, 15) is 9.59 Å². The Balaban J connectivity index is 2.13. The smallest absolute Gasteiger partial charge is 0.335 e. The molecule has 2 aromatic carbocycles. The summed E-state index contributed by atoms with van der Waals surface area (Å²) in [5.41, 5.74) is 1.25. The minimum absolute atomic E-state index is 0.0810. The van der Waals surface area contributed by atoms with Gasteiger partial charge in [-0.3, -0.25) is 4.79 Å². The minimum atomic E-state index is -1.07. The summed E-state index contributed by atoms with van der Waals surface area (Å²) in [4.78, 5) is 23.5. The highest BCUT2D eigenvalue weighted by molar-refractivity contribution is 5.96. The number of ether oxygens (including phenoxy) is 2. The van der Waals surface area contributed by atoms with Crippen molar-refractivity contribution in [1.82, 2.24) is 0 Å². The third-order valence-electron chi connectivity index (χ3n) is 3.46. The van der Waals surface area contributed by atoms with E-state index in [1.54, 1.807) is 6.07 Å². The predicted molar refractivity (Wildman–Crippen MR) is 99.1 cm³/mol. The molecule has 2 N–H and O–H groups in total. The molecular weight excluding hydrogens is 334 g/mol. The van der Waals surface area contributed by atoms with Gasteiger partial charge in [-0.15, -0.1) is 0 Å². The van der Waals surface area contributed by atoms with E-state index in [1.807, 2.05) is 45.0 Å². The van der Waals surface area contributed by atoms with Crippen molar-refractivity contribution in [3.05, 3.63) is 53.6 Å². The predicted octanol–water partition coefficient (Wildman–Crippen LogP) is 3.75. The third kappa shape index (κ3) is 5.51. The quantitative estimate of drug-likeness (QED) is 0.751. The third-order valence-corrected chi connectivity index (χ3v) is 3.46. The molecular formula is C20H23NO5. The molecule has 0 aliphatic rings. The van der Waals surface area contributed by atoms with Gasteiger partial charge in [0.1, 0.15) is 11.5 Å². The van der Waals surface area contributed by atoms with Crippen LogP contribution in [0.2, 0.25) is 0 Å². The summed E-state index contributed by atoms with van der Waals surface area (Å²) in [6.45, 7) is 6.20. The summed E-state index contributed by atoms with van der Waals surface area (Å²) in [5.74, 6) is -0.142. The summed E-state index contributed by atoms with van der Waals surface area (Å²) in [6.07, 6.45) is 0.0533. The zero-order valence-corrected chi connectivity index (χ0v) is 15.1. The number of benzene rings is 2. The van der Waals surface area contributed by atoms with E-state index < -0.39 is 5.97 Å². The molecule has 0 spiro atoms. The van der Waals surface area contributed by atoms with Gasteiger partial charge in [-0.05, 0) is 56.7 Å². The maximum absolute atomic E-state index is 12.4. The van der Waals surface area contributed by atoms with Crippen LogP contribution >= 0.6 is 0 Å². The second-order valence-electron chi connectivity index (χ2n) is 5.98. The molecule has 0 aliphatic heterocycles. The number of anilines is 1. The number of aromatic carboxylic acids is 1. The molecule has 1 amide bonds. The molecule has 2 rings (SSSR count). The van der Waals surface area contributed by atoms with Crippen LogP contribution in [0.4, 0.5) is 5.69 Å². The van der Waals surface area contributed by atoms with Crippen molar-refractivity contribution in [3.63, 3.8) is 0 Å². The number of hydrogen-bond acceptors (Lipinski definition) is 4. The van der Waals surface area contributed by atoms with Crippen LogP contribution in [-0.2, 0) is 11.2 Å². The monoisotopic (exact) mass is 357 g/mol. The maximum Gasteiger partial charge on any atom is 0.335 e. The minimum Gasteiger partial charge on any atom is -0.494 e. The average molecular weight is 357 g/mol. The Morgan fingerprint density at radius 2 is 1.81 bits per heavy atom. The molecule has 0 radical (unpaired) electrons. The van der Waals surface area contributed by atoms with Crippen molar-refractivity contribution in [2.24, 2.45) is 0 Å². The van der Waals surface area contributed by atoms with Crippen LogP contribution in [0.15, 0.2) is 42.5 Å². The molecule has 138 valence electrons. The van der Waals surface area contributed by atoms with Crippen LogP contribution in [0.25, 0.3) is 0 Å². The number of rotatable bonds is 8. The highest BCUT2D eigenvalue weighted by Gasteiger charge is 2.13. The van der Waals surface area contributed by atoms with Gasteiger partial charge in [0.05, 0.1) is 30.4 Å². The lowest BCUT2D eigenvalue weighted by Crippen LogP contribution is -2.17. The van der Waals surface area contributed by atoms with E-state index >= 15 is 0 Å². The molecule has 0 aromatic heterocycles. The van der Waals surface area contributed by atoms with E-state index in [2.05, 4.69) is 5.32 Å². The van der Waals surface area contributed by atoms with Crippen LogP contribution in [0.1, 0.15) is 36.7 Å². The average Bonchev–Trinajstić information content (AvgIpc) is 2.58. The molecule has 0 heterocycles. The number of hydrogen-bond donors (Lipinski definition) is 2. The number of nitrogens with one attached hydrogen (secondary N) is 1. The Morgan fingerprint density at radius 3 is 2.38 bits per heavy atom. The van der Waals surface area contributed by atoms with Crippen molar-refractivity contribution in [2.45, 2.75) is 33.3 Å². The van der Waals surface area contributed by atoms with E-state index in [4.69, 9.17) is 14.6 Å². The van der Waals surface area contributed by atoms with Gasteiger partial charge in [-0.1, -0.05) is 12.1 Å². The Kier molecular flexibility index (Phi) is 6.60. The number of carboxylic acids is 1. The molecule has 0 saturated carbocycles. The fourth-order valence-electron chi connectivity index (χ4n) is 2.37. The maximum atomic E-state index is 12.4. The van der Waals surface area contributed by atoms with Crippen molar-refractivity contribution >= 4 is 17.6 Å². The molecule has 0 bridgehead atoms. The van der Waals surface area contributed by atoms with Gasteiger partial charge in [-0.25, -0.2) is 4.79 Å². The second kappa shape index (κ2) is 8.89. The number of carboxylic acid groups (broad SMARTS) is 1. The molecule has 2 aromatic rings. The molecule has 0 saturated heterocycles. The Hall–Kier alpha value is -3.02. The van der Waals surface area contributed by atoms with Crippen LogP contribution in [0.5, 0.6) is 11.5 Å². The van der Waals surface area contributed by atoms with Gasteiger partial charge in [0.25, 0.3) is 0 Å². The highest BCUT2D eigenvalue weighted by Crippen LogP contribution is 2.27. The van der Waals surface area contributed by atoms with Crippen molar-refractivity contribution in [3.8, 4) is 11.5 Å². The standard InChI is InChI=1S/C20H23NO5/c1-4-25-16-8-5-14(6-9-16)11-19(22)21-17-12-15(20(23)24)7-10-18(17)26-13(2)3/h5-10,12-13H,4,11H2,1-3H3,(H,21,22)(H,23,24). The zero-order chi connectivity index (χ0) is 19.1. The highest BCUT2D eigenvalue weighted by atomic mass is 16.5. The Labute approximate surface area is 152 Å². The first-order valence-corrected chi connectivity index (χ1v) is 8.44. The van der Waals surface area contributed by atoms with Gasteiger partial charge < -0.3 is 19.9 Å². The summed E-state index contributed by atoms with van der Waals surface area (Å²) >= 11 is 0. The molecule has 6 heteroatoms. The van der Waals surface area contributed by atoms with Gasteiger partial charge in [0.2, 0.25) is 5.91 Å². The van der Waals surface area contributed by atoms with Gasteiger partial charge in [0.15, 0.2) is 0 Å². The molecule has 0 fully saturated rings.